The molecule has 4 N–H and O–H groups in total. The maximum Gasteiger partial charge on any atom is 0.124 e. The maximum atomic E-state index is 5.96. The van der Waals surface area contributed by atoms with E-state index >= 15 is 0 Å². The van der Waals surface area contributed by atoms with Crippen molar-refractivity contribution in [3.05, 3.63) is 24.0 Å². The third-order valence-electron chi connectivity index (χ3n) is 3.19. The monoisotopic (exact) mass is 247 g/mol. The molecule has 2 aromatic rings. The van der Waals surface area contributed by atoms with E-state index in [1.807, 2.05) is 23.9 Å². The van der Waals surface area contributed by atoms with Crippen LogP contribution in [0.15, 0.2) is 18.3 Å². The molecular weight excluding hydrogens is 230 g/mol. The van der Waals surface area contributed by atoms with Gasteiger partial charge in [0.1, 0.15) is 11.6 Å². The number of nitrogens with zero attached hydrogens (tertiary/aromatic N) is 4. The van der Waals surface area contributed by atoms with Crippen LogP contribution < -0.4 is 16.4 Å². The molecule has 1 fully saturated rings. The van der Waals surface area contributed by atoms with Crippen LogP contribution >= 0.6 is 0 Å². The van der Waals surface area contributed by atoms with Crippen molar-refractivity contribution in [3.8, 4) is 0 Å². The summed E-state index contributed by atoms with van der Waals surface area (Å²) < 4.78 is 3.69. The van der Waals surface area contributed by atoms with E-state index in [9.17, 15) is 0 Å². The van der Waals surface area contributed by atoms with Crippen molar-refractivity contribution >= 4 is 11.6 Å². The van der Waals surface area contributed by atoms with Gasteiger partial charge in [-0.1, -0.05) is 0 Å². The van der Waals surface area contributed by atoms with Gasteiger partial charge in [-0.15, -0.1) is 0 Å². The van der Waals surface area contributed by atoms with Crippen molar-refractivity contribution < 1.29 is 0 Å². The Morgan fingerprint density at radius 2 is 2.39 bits per heavy atom. The number of anilines is 2. The average Bonchev–Trinajstić information content (AvgIpc) is 2.82. The summed E-state index contributed by atoms with van der Waals surface area (Å²) in [4.78, 5) is 0. The van der Waals surface area contributed by atoms with E-state index in [1.165, 1.54) is 0 Å². The summed E-state index contributed by atoms with van der Waals surface area (Å²) in [5.41, 5.74) is 6.90. The zero-order valence-corrected chi connectivity index (χ0v) is 10.3. The normalized spacial score (nSPS) is 15.6. The molecule has 0 amide bonds. The summed E-state index contributed by atoms with van der Waals surface area (Å²) in [6, 6.07) is 4.24. The number of nitrogens with two attached hydrogens (primary N) is 1. The summed E-state index contributed by atoms with van der Waals surface area (Å²) in [5.74, 6) is 1.69. The molecule has 0 radical (unpaired) electrons. The van der Waals surface area contributed by atoms with Gasteiger partial charge in [0.25, 0.3) is 0 Å². The second kappa shape index (κ2) is 4.34. The van der Waals surface area contributed by atoms with Gasteiger partial charge in [-0.05, 0) is 0 Å². The highest BCUT2D eigenvalue weighted by atomic mass is 15.4. The minimum absolute atomic E-state index is 0.399. The number of nitrogens with one attached hydrogen (secondary N) is 2. The molecule has 0 spiro atoms. The smallest absolute Gasteiger partial charge is 0.124 e. The molecule has 1 aliphatic rings. The van der Waals surface area contributed by atoms with Crippen molar-refractivity contribution in [1.29, 1.82) is 0 Å². The van der Waals surface area contributed by atoms with Gasteiger partial charge in [0, 0.05) is 32.3 Å². The molecule has 0 aromatic carbocycles. The zero-order valence-electron chi connectivity index (χ0n) is 10.3. The van der Waals surface area contributed by atoms with Gasteiger partial charge in [-0.2, -0.15) is 10.2 Å². The van der Waals surface area contributed by atoms with Gasteiger partial charge < -0.3 is 16.4 Å². The largest absolute Gasteiger partial charge is 0.384 e. The van der Waals surface area contributed by atoms with E-state index in [-0.39, 0.29) is 0 Å². The number of nitrogen functional groups attached to an aromatic ring is 1. The van der Waals surface area contributed by atoms with Crippen LogP contribution in [-0.4, -0.2) is 32.7 Å². The summed E-state index contributed by atoms with van der Waals surface area (Å²) in [6.45, 7) is 2.54. The van der Waals surface area contributed by atoms with E-state index in [0.717, 1.165) is 30.4 Å². The molecule has 0 bridgehead atoms. The Bertz CT molecular complexity index is 537. The van der Waals surface area contributed by atoms with Crippen molar-refractivity contribution in [1.82, 2.24) is 24.9 Å². The van der Waals surface area contributed by atoms with Crippen LogP contribution in [0.5, 0.6) is 0 Å². The Morgan fingerprint density at radius 1 is 1.56 bits per heavy atom. The highest BCUT2D eigenvalue weighted by molar-refractivity contribution is 5.37. The average molecular weight is 247 g/mol. The van der Waals surface area contributed by atoms with Gasteiger partial charge in [0.2, 0.25) is 0 Å². The molecule has 3 rings (SSSR count). The van der Waals surface area contributed by atoms with Crippen LogP contribution in [0.3, 0.4) is 0 Å². The molecule has 0 aliphatic carbocycles. The molecule has 0 saturated carbocycles. The molecular formula is C11H17N7. The van der Waals surface area contributed by atoms with Crippen LogP contribution in [0.4, 0.5) is 11.6 Å². The fourth-order valence-electron chi connectivity index (χ4n) is 2.02. The predicted octanol–water partition coefficient (Wildman–Crippen LogP) is -0.0448. The first-order valence-corrected chi connectivity index (χ1v) is 6.00. The van der Waals surface area contributed by atoms with E-state index in [0.29, 0.717) is 12.6 Å². The van der Waals surface area contributed by atoms with Crippen LogP contribution in [0.1, 0.15) is 11.7 Å². The van der Waals surface area contributed by atoms with Gasteiger partial charge in [-0.25, -0.2) is 4.68 Å². The first-order chi connectivity index (χ1) is 8.74. The minimum Gasteiger partial charge on any atom is -0.384 e. The minimum atomic E-state index is 0.399. The highest BCUT2D eigenvalue weighted by Crippen LogP contribution is 2.17. The Kier molecular flexibility index (Phi) is 2.67. The van der Waals surface area contributed by atoms with Gasteiger partial charge >= 0.3 is 0 Å². The third-order valence-corrected chi connectivity index (χ3v) is 3.19. The quantitative estimate of drug-likeness (QED) is 0.705. The maximum absolute atomic E-state index is 5.96. The molecule has 3 heterocycles. The highest BCUT2D eigenvalue weighted by Gasteiger charge is 2.21. The lowest BCUT2D eigenvalue weighted by Gasteiger charge is -2.28. The number of hydrogen-bond donors (Lipinski definition) is 3. The van der Waals surface area contributed by atoms with Gasteiger partial charge in [-0.3, -0.25) is 4.68 Å². The number of aryl methyl sites for hydroxylation is 1. The SMILES string of the molecule is Cn1nccc1NCc1cc(N)n(C2CNC2)n1. The lowest BCUT2D eigenvalue weighted by atomic mass is 10.2. The molecule has 0 atom stereocenters. The summed E-state index contributed by atoms with van der Waals surface area (Å²) in [5, 5.41) is 15.1. The fraction of sp³-hybridized carbons (Fsp3) is 0.455. The second-order valence-corrected chi connectivity index (χ2v) is 4.51. The Balaban J connectivity index is 1.68. The third kappa shape index (κ3) is 1.92. The first-order valence-electron chi connectivity index (χ1n) is 6.00. The molecule has 7 heteroatoms. The Labute approximate surface area is 105 Å². The Morgan fingerprint density at radius 3 is 3.00 bits per heavy atom. The van der Waals surface area contributed by atoms with E-state index in [2.05, 4.69) is 20.8 Å². The molecule has 1 saturated heterocycles. The fourth-order valence-corrected chi connectivity index (χ4v) is 2.02. The van der Waals surface area contributed by atoms with Crippen LogP contribution in [0.25, 0.3) is 0 Å². The molecule has 7 nitrogen and oxygen atoms in total. The zero-order chi connectivity index (χ0) is 12.5. The topological polar surface area (TPSA) is 85.7 Å². The van der Waals surface area contributed by atoms with Gasteiger partial charge in [0.05, 0.1) is 24.5 Å². The predicted molar refractivity (Wildman–Crippen MR) is 69.1 cm³/mol. The summed E-state index contributed by atoms with van der Waals surface area (Å²) >= 11 is 0. The number of rotatable bonds is 4. The van der Waals surface area contributed by atoms with Crippen LogP contribution in [0, 0.1) is 0 Å². The van der Waals surface area contributed by atoms with E-state index < -0.39 is 0 Å². The van der Waals surface area contributed by atoms with Crippen LogP contribution in [-0.2, 0) is 13.6 Å². The second-order valence-electron chi connectivity index (χ2n) is 4.51. The first kappa shape index (κ1) is 11.1. The van der Waals surface area contributed by atoms with E-state index in [4.69, 9.17) is 5.73 Å². The molecule has 0 unspecified atom stereocenters. The van der Waals surface area contributed by atoms with Crippen molar-refractivity contribution in [2.24, 2.45) is 7.05 Å². The van der Waals surface area contributed by atoms with E-state index in [1.54, 1.807) is 10.9 Å². The van der Waals surface area contributed by atoms with Crippen molar-refractivity contribution in [2.75, 3.05) is 24.1 Å². The molecule has 18 heavy (non-hydrogen) atoms. The lowest BCUT2D eigenvalue weighted by Crippen LogP contribution is -2.44. The van der Waals surface area contributed by atoms with Crippen molar-refractivity contribution in [3.63, 3.8) is 0 Å². The lowest BCUT2D eigenvalue weighted by molar-refractivity contribution is 0.321. The summed E-state index contributed by atoms with van der Waals surface area (Å²) in [6.07, 6.45) is 1.76. The standard InChI is InChI=1S/C11H17N7/c1-17-11(2-3-15-17)14-5-8-4-10(12)18(16-8)9-6-13-7-9/h2-4,9,13-14H,5-7,12H2,1H3. The van der Waals surface area contributed by atoms with Crippen LogP contribution in [0.2, 0.25) is 0 Å². The molecule has 2 aromatic heterocycles. The molecule has 96 valence electrons. The number of hydrogen-bond acceptors (Lipinski definition) is 5. The summed E-state index contributed by atoms with van der Waals surface area (Å²) in [7, 11) is 1.90. The molecule has 1 aliphatic heterocycles. The Hall–Kier alpha value is -2.02. The van der Waals surface area contributed by atoms with Crippen molar-refractivity contribution in [2.45, 2.75) is 12.6 Å². The number of aromatic nitrogens is 4. The van der Waals surface area contributed by atoms with Gasteiger partial charge in [0.15, 0.2) is 0 Å².